The molecule has 2 aromatic rings. The molecule has 2 heteroatoms. The third-order valence-corrected chi connectivity index (χ3v) is 2.51. The van der Waals surface area contributed by atoms with Crippen LogP contribution in [0.3, 0.4) is 0 Å². The van der Waals surface area contributed by atoms with Gasteiger partial charge in [-0.15, -0.1) is 0 Å². The average Bonchev–Trinajstić information content (AvgIpc) is 2.66. The molecule has 16 heavy (non-hydrogen) atoms. The number of rotatable bonds is 3. The molecule has 0 radical (unpaired) electrons. The van der Waals surface area contributed by atoms with Crippen molar-refractivity contribution in [3.8, 4) is 5.69 Å². The molecule has 0 aliphatic heterocycles. The van der Waals surface area contributed by atoms with Crippen LogP contribution in [0, 0.1) is 6.92 Å². The maximum Gasteiger partial charge on any atom is 0.111 e. The first kappa shape index (κ1) is 10.4. The summed E-state index contributed by atoms with van der Waals surface area (Å²) in [6.45, 7) is 9.57. The summed E-state index contributed by atoms with van der Waals surface area (Å²) < 4.78 is 2.07. The third kappa shape index (κ3) is 1.58. The molecule has 2 nitrogen and oxygen atoms in total. The Labute approximate surface area is 95.6 Å². The minimum atomic E-state index is 0.872. The molecule has 1 aromatic carbocycles. The van der Waals surface area contributed by atoms with Crippen LogP contribution in [-0.2, 0) is 0 Å². The molecule has 0 spiro atoms. The molecule has 1 aromatic heterocycles. The predicted molar refractivity (Wildman–Crippen MR) is 68.5 cm³/mol. The Balaban J connectivity index is 2.69. The van der Waals surface area contributed by atoms with Gasteiger partial charge in [-0.3, -0.25) is 4.57 Å². The van der Waals surface area contributed by atoms with E-state index in [1.165, 1.54) is 0 Å². The lowest BCUT2D eigenvalue weighted by Gasteiger charge is -2.07. The van der Waals surface area contributed by atoms with Crippen molar-refractivity contribution in [2.45, 2.75) is 6.92 Å². The van der Waals surface area contributed by atoms with E-state index in [4.69, 9.17) is 0 Å². The average molecular weight is 210 g/mol. The van der Waals surface area contributed by atoms with Crippen molar-refractivity contribution in [2.75, 3.05) is 0 Å². The van der Waals surface area contributed by atoms with Crippen LogP contribution in [-0.4, -0.2) is 9.55 Å². The number of nitrogens with zero attached hydrogens (tertiary/aromatic N) is 2. The highest BCUT2D eigenvalue weighted by atomic mass is 15.1. The lowest BCUT2D eigenvalue weighted by Crippen LogP contribution is -1.98. The first-order chi connectivity index (χ1) is 7.77. The topological polar surface area (TPSA) is 17.8 Å². The maximum absolute atomic E-state index is 4.45. The van der Waals surface area contributed by atoms with Crippen molar-refractivity contribution in [3.63, 3.8) is 0 Å². The van der Waals surface area contributed by atoms with Gasteiger partial charge in [-0.05, 0) is 31.2 Å². The van der Waals surface area contributed by atoms with E-state index in [0.717, 1.165) is 22.9 Å². The zero-order valence-corrected chi connectivity index (χ0v) is 9.35. The van der Waals surface area contributed by atoms with E-state index in [-0.39, 0.29) is 0 Å². The molecule has 0 amide bonds. The maximum atomic E-state index is 4.45. The Kier molecular flexibility index (Phi) is 2.73. The number of para-hydroxylation sites is 1. The second-order valence-electron chi connectivity index (χ2n) is 3.51. The number of hydrogen-bond donors (Lipinski definition) is 0. The molecule has 0 aliphatic rings. The Bertz CT molecular complexity index is 521. The van der Waals surface area contributed by atoms with E-state index in [9.17, 15) is 0 Å². The predicted octanol–water partition coefficient (Wildman–Crippen LogP) is 3.47. The van der Waals surface area contributed by atoms with Gasteiger partial charge in [0.2, 0.25) is 0 Å². The van der Waals surface area contributed by atoms with E-state index >= 15 is 0 Å². The van der Waals surface area contributed by atoms with Gasteiger partial charge in [-0.25, -0.2) is 4.98 Å². The normalized spacial score (nSPS) is 10.1. The van der Waals surface area contributed by atoms with Crippen LogP contribution in [0.1, 0.15) is 17.2 Å². The Hall–Kier alpha value is -2.09. The molecule has 1 heterocycles. The summed E-state index contributed by atoms with van der Waals surface area (Å²) in [5.41, 5.74) is 2.95. The Morgan fingerprint density at radius 2 is 1.81 bits per heavy atom. The SMILES string of the molecule is C=Cc1nc(C)n(-c2ccccc2)c1C=C. The zero-order valence-electron chi connectivity index (χ0n) is 9.35. The van der Waals surface area contributed by atoms with Gasteiger partial charge < -0.3 is 0 Å². The molecule has 0 unspecified atom stereocenters. The lowest BCUT2D eigenvalue weighted by molar-refractivity contribution is 0.966. The van der Waals surface area contributed by atoms with E-state index in [0.29, 0.717) is 0 Å². The van der Waals surface area contributed by atoms with Crippen LogP contribution in [0.25, 0.3) is 17.8 Å². The van der Waals surface area contributed by atoms with E-state index < -0.39 is 0 Å². The van der Waals surface area contributed by atoms with Crippen molar-refractivity contribution in [3.05, 3.63) is 60.7 Å². The van der Waals surface area contributed by atoms with Crippen LogP contribution < -0.4 is 0 Å². The van der Waals surface area contributed by atoms with Gasteiger partial charge in [0, 0.05) is 5.69 Å². The standard InChI is InChI=1S/C14H14N2/c1-4-13-14(5-2)16(11(3)15-13)12-9-7-6-8-10-12/h4-10H,1-2H2,3H3. The summed E-state index contributed by atoms with van der Waals surface area (Å²) in [6, 6.07) is 10.1. The summed E-state index contributed by atoms with van der Waals surface area (Å²) >= 11 is 0. The fourth-order valence-corrected chi connectivity index (χ4v) is 1.82. The number of hydrogen-bond acceptors (Lipinski definition) is 1. The second-order valence-corrected chi connectivity index (χ2v) is 3.51. The molecule has 0 saturated carbocycles. The molecule has 2 rings (SSSR count). The fraction of sp³-hybridized carbons (Fsp3) is 0.0714. The highest BCUT2D eigenvalue weighted by Gasteiger charge is 2.10. The van der Waals surface area contributed by atoms with Crippen LogP contribution in [0.5, 0.6) is 0 Å². The van der Waals surface area contributed by atoms with Crippen LogP contribution in [0.4, 0.5) is 0 Å². The number of imidazole rings is 1. The molecule has 80 valence electrons. The molecule has 0 saturated heterocycles. The van der Waals surface area contributed by atoms with E-state index in [1.54, 1.807) is 6.08 Å². The van der Waals surface area contributed by atoms with Gasteiger partial charge in [0.1, 0.15) is 5.82 Å². The van der Waals surface area contributed by atoms with Crippen LogP contribution >= 0.6 is 0 Å². The van der Waals surface area contributed by atoms with Crippen LogP contribution in [0.15, 0.2) is 43.5 Å². The minimum absolute atomic E-state index is 0.872. The summed E-state index contributed by atoms with van der Waals surface area (Å²) in [5.74, 6) is 0.941. The van der Waals surface area contributed by atoms with Crippen LogP contribution in [0.2, 0.25) is 0 Å². The number of aryl methyl sites for hydroxylation is 1. The highest BCUT2D eigenvalue weighted by Crippen LogP contribution is 2.19. The minimum Gasteiger partial charge on any atom is -0.297 e. The summed E-state index contributed by atoms with van der Waals surface area (Å²) in [6.07, 6.45) is 3.56. The van der Waals surface area contributed by atoms with Crippen molar-refractivity contribution in [1.29, 1.82) is 0 Å². The lowest BCUT2D eigenvalue weighted by atomic mass is 10.2. The molecule has 0 N–H and O–H groups in total. The monoisotopic (exact) mass is 210 g/mol. The molecular formula is C14H14N2. The number of benzene rings is 1. The van der Waals surface area contributed by atoms with Gasteiger partial charge in [0.25, 0.3) is 0 Å². The van der Waals surface area contributed by atoms with E-state index in [2.05, 4.69) is 34.8 Å². The molecule has 0 bridgehead atoms. The first-order valence-electron chi connectivity index (χ1n) is 5.17. The van der Waals surface area contributed by atoms with Crippen molar-refractivity contribution >= 4 is 12.2 Å². The number of aromatic nitrogens is 2. The molecule has 0 aliphatic carbocycles. The second kappa shape index (κ2) is 4.19. The summed E-state index contributed by atoms with van der Waals surface area (Å²) in [7, 11) is 0. The van der Waals surface area contributed by atoms with Gasteiger partial charge in [-0.1, -0.05) is 31.4 Å². The first-order valence-corrected chi connectivity index (χ1v) is 5.17. The molecule has 0 atom stereocenters. The zero-order chi connectivity index (χ0) is 11.5. The molecule has 0 fully saturated rings. The summed E-state index contributed by atoms with van der Waals surface area (Å²) in [4.78, 5) is 4.45. The van der Waals surface area contributed by atoms with Crippen molar-refractivity contribution in [1.82, 2.24) is 9.55 Å². The van der Waals surface area contributed by atoms with Gasteiger partial charge in [0.15, 0.2) is 0 Å². The quantitative estimate of drug-likeness (QED) is 0.758. The smallest absolute Gasteiger partial charge is 0.111 e. The van der Waals surface area contributed by atoms with Gasteiger partial charge >= 0.3 is 0 Å². The Morgan fingerprint density at radius 1 is 1.12 bits per heavy atom. The Morgan fingerprint density at radius 3 is 2.38 bits per heavy atom. The van der Waals surface area contributed by atoms with Crippen molar-refractivity contribution < 1.29 is 0 Å². The van der Waals surface area contributed by atoms with E-state index in [1.807, 2.05) is 31.2 Å². The summed E-state index contributed by atoms with van der Waals surface area (Å²) in [5, 5.41) is 0. The van der Waals surface area contributed by atoms with Gasteiger partial charge in [0.05, 0.1) is 11.4 Å². The van der Waals surface area contributed by atoms with Gasteiger partial charge in [-0.2, -0.15) is 0 Å². The fourth-order valence-electron chi connectivity index (χ4n) is 1.82. The third-order valence-electron chi connectivity index (χ3n) is 2.51. The van der Waals surface area contributed by atoms with Crippen molar-refractivity contribution in [2.24, 2.45) is 0 Å². The molecular weight excluding hydrogens is 196 g/mol. The highest BCUT2D eigenvalue weighted by molar-refractivity contribution is 5.61. The largest absolute Gasteiger partial charge is 0.297 e.